The highest BCUT2D eigenvalue weighted by Gasteiger charge is 2.31. The van der Waals surface area contributed by atoms with E-state index in [-0.39, 0.29) is 0 Å². The third-order valence-corrected chi connectivity index (χ3v) is 4.63. The molecule has 2 saturated heterocycles. The molecule has 2 aliphatic rings. The van der Waals surface area contributed by atoms with Crippen LogP contribution in [0.4, 0.5) is 0 Å². The highest BCUT2D eigenvalue weighted by Crippen LogP contribution is 2.28. The minimum absolute atomic E-state index is 0.559. The Kier molecular flexibility index (Phi) is 4.16. The zero-order valence-electron chi connectivity index (χ0n) is 11.9. The largest absolute Gasteiger partial charge is 0.314 e. The van der Waals surface area contributed by atoms with E-state index in [9.17, 15) is 0 Å². The first-order chi connectivity index (χ1) is 9.34. The van der Waals surface area contributed by atoms with Crippen molar-refractivity contribution >= 4 is 0 Å². The van der Waals surface area contributed by atoms with Gasteiger partial charge in [-0.25, -0.2) is 0 Å². The second-order valence-electron chi connectivity index (χ2n) is 5.90. The normalized spacial score (nSPS) is 27.5. The average Bonchev–Trinajstić information content (AvgIpc) is 2.49. The Morgan fingerprint density at radius 1 is 1.05 bits per heavy atom. The molecule has 1 atom stereocenters. The van der Waals surface area contributed by atoms with Gasteiger partial charge in [0.2, 0.25) is 0 Å². The Labute approximate surface area is 116 Å². The molecule has 2 fully saturated rings. The van der Waals surface area contributed by atoms with Gasteiger partial charge in [0.15, 0.2) is 0 Å². The first-order valence-electron chi connectivity index (χ1n) is 7.54. The van der Waals surface area contributed by atoms with E-state index in [2.05, 4.69) is 52.5 Å². The number of likely N-dealkylation sites (tertiary alicyclic amines) is 1. The van der Waals surface area contributed by atoms with Crippen molar-refractivity contribution in [1.29, 1.82) is 0 Å². The van der Waals surface area contributed by atoms with Crippen molar-refractivity contribution in [3.05, 3.63) is 35.9 Å². The molecule has 3 rings (SSSR count). The number of piperazine rings is 1. The number of hydrogen-bond acceptors (Lipinski definition) is 3. The predicted octanol–water partition coefficient (Wildman–Crippen LogP) is 1.73. The molecule has 0 saturated carbocycles. The Morgan fingerprint density at radius 3 is 2.53 bits per heavy atom. The molecule has 104 valence electrons. The second-order valence-corrected chi connectivity index (χ2v) is 5.90. The maximum absolute atomic E-state index is 3.56. The Balaban J connectivity index is 1.74. The summed E-state index contributed by atoms with van der Waals surface area (Å²) in [6.45, 7) is 5.91. The van der Waals surface area contributed by atoms with Crippen LogP contribution in [0.1, 0.15) is 24.4 Å². The summed E-state index contributed by atoms with van der Waals surface area (Å²) in [5.41, 5.74) is 1.47. The standard InChI is InChI=1S/C16H25N3/c1-18-10-7-15(8-11-18)19-12-9-17-13-16(19)14-5-3-2-4-6-14/h2-6,15-17H,7-13H2,1H3. The molecule has 3 heteroatoms. The number of benzene rings is 1. The fourth-order valence-electron chi connectivity index (χ4n) is 3.47. The predicted molar refractivity (Wildman–Crippen MR) is 79.3 cm³/mol. The van der Waals surface area contributed by atoms with E-state index >= 15 is 0 Å². The summed E-state index contributed by atoms with van der Waals surface area (Å²) in [6, 6.07) is 12.3. The molecule has 1 N–H and O–H groups in total. The molecule has 0 spiro atoms. The van der Waals surface area contributed by atoms with Crippen LogP contribution in [0.2, 0.25) is 0 Å². The minimum Gasteiger partial charge on any atom is -0.314 e. The highest BCUT2D eigenvalue weighted by molar-refractivity contribution is 5.20. The van der Waals surface area contributed by atoms with E-state index in [1.165, 1.54) is 38.0 Å². The summed E-state index contributed by atoms with van der Waals surface area (Å²) in [5.74, 6) is 0. The number of rotatable bonds is 2. The molecule has 19 heavy (non-hydrogen) atoms. The maximum atomic E-state index is 3.56. The van der Waals surface area contributed by atoms with Gasteiger partial charge in [-0.05, 0) is 38.5 Å². The van der Waals surface area contributed by atoms with Gasteiger partial charge in [0.1, 0.15) is 0 Å². The molecule has 0 aromatic heterocycles. The van der Waals surface area contributed by atoms with Gasteiger partial charge in [-0.2, -0.15) is 0 Å². The fraction of sp³-hybridized carbons (Fsp3) is 0.625. The SMILES string of the molecule is CN1CCC(N2CCNCC2c2ccccc2)CC1. The molecule has 1 aromatic rings. The van der Waals surface area contributed by atoms with Crippen molar-refractivity contribution in [2.24, 2.45) is 0 Å². The molecule has 1 aromatic carbocycles. The molecule has 0 bridgehead atoms. The van der Waals surface area contributed by atoms with E-state index in [4.69, 9.17) is 0 Å². The average molecular weight is 259 g/mol. The summed E-state index contributed by atoms with van der Waals surface area (Å²) in [5, 5.41) is 3.56. The number of nitrogens with zero attached hydrogens (tertiary/aromatic N) is 2. The molecule has 0 amide bonds. The summed E-state index contributed by atoms with van der Waals surface area (Å²) in [7, 11) is 2.24. The summed E-state index contributed by atoms with van der Waals surface area (Å²) in [4.78, 5) is 5.20. The van der Waals surface area contributed by atoms with E-state index in [1.54, 1.807) is 0 Å². The highest BCUT2D eigenvalue weighted by atomic mass is 15.3. The topological polar surface area (TPSA) is 18.5 Å². The molecule has 3 nitrogen and oxygen atoms in total. The smallest absolute Gasteiger partial charge is 0.0476 e. The van der Waals surface area contributed by atoms with Crippen LogP contribution >= 0.6 is 0 Å². The maximum Gasteiger partial charge on any atom is 0.0476 e. The lowest BCUT2D eigenvalue weighted by molar-refractivity contribution is 0.0638. The van der Waals surface area contributed by atoms with Crippen molar-refractivity contribution in [3.63, 3.8) is 0 Å². The van der Waals surface area contributed by atoms with Crippen LogP contribution in [0.3, 0.4) is 0 Å². The van der Waals surface area contributed by atoms with Crippen molar-refractivity contribution < 1.29 is 0 Å². The van der Waals surface area contributed by atoms with Gasteiger partial charge in [-0.1, -0.05) is 30.3 Å². The van der Waals surface area contributed by atoms with E-state index in [1.807, 2.05) is 0 Å². The number of hydrogen-bond donors (Lipinski definition) is 1. The molecule has 2 aliphatic heterocycles. The first kappa shape index (κ1) is 13.1. The lowest BCUT2D eigenvalue weighted by atomic mass is 9.96. The van der Waals surface area contributed by atoms with Gasteiger partial charge >= 0.3 is 0 Å². The Morgan fingerprint density at radius 2 is 1.79 bits per heavy atom. The van der Waals surface area contributed by atoms with Crippen LogP contribution in [0, 0.1) is 0 Å². The van der Waals surface area contributed by atoms with Crippen molar-refractivity contribution in [2.75, 3.05) is 39.8 Å². The van der Waals surface area contributed by atoms with Crippen molar-refractivity contribution in [3.8, 4) is 0 Å². The number of piperidine rings is 1. The quantitative estimate of drug-likeness (QED) is 0.872. The first-order valence-corrected chi connectivity index (χ1v) is 7.54. The zero-order chi connectivity index (χ0) is 13.1. The van der Waals surface area contributed by atoms with Gasteiger partial charge in [0.05, 0.1) is 0 Å². The van der Waals surface area contributed by atoms with Crippen LogP contribution in [-0.2, 0) is 0 Å². The Hall–Kier alpha value is -0.900. The lowest BCUT2D eigenvalue weighted by Crippen LogP contribution is -2.53. The molecule has 0 aliphatic carbocycles. The van der Waals surface area contributed by atoms with Crippen LogP contribution in [0.15, 0.2) is 30.3 Å². The second kappa shape index (κ2) is 6.04. The van der Waals surface area contributed by atoms with Gasteiger partial charge in [-0.3, -0.25) is 4.90 Å². The van der Waals surface area contributed by atoms with E-state index in [0.717, 1.165) is 19.1 Å². The van der Waals surface area contributed by atoms with Gasteiger partial charge in [0, 0.05) is 31.7 Å². The van der Waals surface area contributed by atoms with Crippen LogP contribution in [0.25, 0.3) is 0 Å². The summed E-state index contributed by atoms with van der Waals surface area (Å²) >= 11 is 0. The van der Waals surface area contributed by atoms with Crippen LogP contribution < -0.4 is 5.32 Å². The van der Waals surface area contributed by atoms with Crippen molar-refractivity contribution in [2.45, 2.75) is 24.9 Å². The van der Waals surface area contributed by atoms with Crippen LogP contribution in [-0.4, -0.2) is 55.6 Å². The zero-order valence-corrected chi connectivity index (χ0v) is 11.9. The van der Waals surface area contributed by atoms with Crippen LogP contribution in [0.5, 0.6) is 0 Å². The molecule has 2 heterocycles. The molecular weight excluding hydrogens is 234 g/mol. The summed E-state index contributed by atoms with van der Waals surface area (Å²) < 4.78 is 0. The third-order valence-electron chi connectivity index (χ3n) is 4.63. The lowest BCUT2D eigenvalue weighted by Gasteiger charge is -2.44. The van der Waals surface area contributed by atoms with E-state index in [0.29, 0.717) is 6.04 Å². The fourth-order valence-corrected chi connectivity index (χ4v) is 3.47. The minimum atomic E-state index is 0.559. The molecule has 1 unspecified atom stereocenters. The van der Waals surface area contributed by atoms with E-state index < -0.39 is 0 Å². The number of nitrogens with one attached hydrogen (secondary N) is 1. The van der Waals surface area contributed by atoms with Crippen molar-refractivity contribution in [1.82, 2.24) is 15.1 Å². The van der Waals surface area contributed by atoms with Gasteiger partial charge in [-0.15, -0.1) is 0 Å². The molecular formula is C16H25N3. The third kappa shape index (κ3) is 2.99. The molecule has 0 radical (unpaired) electrons. The van der Waals surface area contributed by atoms with Gasteiger partial charge < -0.3 is 10.2 Å². The van der Waals surface area contributed by atoms with Gasteiger partial charge in [0.25, 0.3) is 0 Å². The monoisotopic (exact) mass is 259 g/mol. The summed E-state index contributed by atoms with van der Waals surface area (Å²) in [6.07, 6.45) is 2.64. The Bertz CT molecular complexity index is 384.